The van der Waals surface area contributed by atoms with E-state index in [9.17, 15) is 9.90 Å². The van der Waals surface area contributed by atoms with Gasteiger partial charge in [0.15, 0.2) is 0 Å². The van der Waals surface area contributed by atoms with Crippen LogP contribution in [0.4, 0.5) is 4.79 Å². The number of hydrogen-bond acceptors (Lipinski definition) is 3. The molecule has 0 aliphatic carbocycles. The molecule has 2 amide bonds. The van der Waals surface area contributed by atoms with E-state index >= 15 is 0 Å². The van der Waals surface area contributed by atoms with E-state index in [1.165, 1.54) is 0 Å². The SMILES string of the molecule is COc1ccc2cc(CNC(=O)N3CCC(C)(O)CC3)ccc2c1. The maximum Gasteiger partial charge on any atom is 0.317 e. The summed E-state index contributed by atoms with van der Waals surface area (Å²) in [6.45, 7) is 3.51. The highest BCUT2D eigenvalue weighted by atomic mass is 16.5. The molecule has 2 aromatic rings. The van der Waals surface area contributed by atoms with Crippen LogP contribution in [0, 0.1) is 0 Å². The first-order chi connectivity index (χ1) is 11.5. The lowest BCUT2D eigenvalue weighted by atomic mass is 9.94. The van der Waals surface area contributed by atoms with Gasteiger partial charge in [-0.3, -0.25) is 0 Å². The summed E-state index contributed by atoms with van der Waals surface area (Å²) in [7, 11) is 1.66. The second-order valence-corrected chi connectivity index (χ2v) is 6.69. The van der Waals surface area contributed by atoms with E-state index in [4.69, 9.17) is 4.74 Å². The first kappa shape index (κ1) is 16.6. The van der Waals surface area contributed by atoms with Gasteiger partial charge >= 0.3 is 6.03 Å². The number of amides is 2. The first-order valence-electron chi connectivity index (χ1n) is 8.29. The van der Waals surface area contributed by atoms with E-state index in [1.807, 2.05) is 37.3 Å². The fourth-order valence-electron chi connectivity index (χ4n) is 2.99. The molecule has 1 saturated heterocycles. The van der Waals surface area contributed by atoms with Crippen molar-refractivity contribution in [3.05, 3.63) is 42.0 Å². The van der Waals surface area contributed by atoms with E-state index in [2.05, 4.69) is 11.4 Å². The van der Waals surface area contributed by atoms with Crippen molar-refractivity contribution in [3.63, 3.8) is 0 Å². The molecule has 2 aromatic carbocycles. The zero-order valence-electron chi connectivity index (χ0n) is 14.2. The molecule has 0 atom stereocenters. The number of rotatable bonds is 3. The lowest BCUT2D eigenvalue weighted by Crippen LogP contribution is -2.48. The lowest BCUT2D eigenvalue weighted by molar-refractivity contribution is 0.00436. The molecule has 0 aromatic heterocycles. The molecule has 0 spiro atoms. The van der Waals surface area contributed by atoms with Gasteiger partial charge in [0.05, 0.1) is 12.7 Å². The van der Waals surface area contributed by atoms with Crippen LogP contribution in [0.1, 0.15) is 25.3 Å². The van der Waals surface area contributed by atoms with Crippen molar-refractivity contribution in [2.45, 2.75) is 31.9 Å². The third-order valence-electron chi connectivity index (χ3n) is 4.68. The predicted octanol–water partition coefficient (Wildman–Crippen LogP) is 2.90. The van der Waals surface area contributed by atoms with Crippen molar-refractivity contribution in [2.75, 3.05) is 20.2 Å². The molecule has 1 fully saturated rings. The summed E-state index contributed by atoms with van der Waals surface area (Å²) < 4.78 is 5.23. The van der Waals surface area contributed by atoms with E-state index in [0.717, 1.165) is 22.1 Å². The zero-order valence-corrected chi connectivity index (χ0v) is 14.2. The van der Waals surface area contributed by atoms with Gasteiger partial charge in [-0.05, 0) is 54.3 Å². The highest BCUT2D eigenvalue weighted by Gasteiger charge is 2.29. The molecule has 0 bridgehead atoms. The maximum absolute atomic E-state index is 12.2. The largest absolute Gasteiger partial charge is 0.497 e. The summed E-state index contributed by atoms with van der Waals surface area (Å²) in [5.74, 6) is 0.838. The van der Waals surface area contributed by atoms with E-state index in [-0.39, 0.29) is 6.03 Å². The van der Waals surface area contributed by atoms with Gasteiger partial charge in [-0.1, -0.05) is 18.2 Å². The summed E-state index contributed by atoms with van der Waals surface area (Å²) in [5, 5.41) is 15.2. The summed E-state index contributed by atoms with van der Waals surface area (Å²) in [6, 6.07) is 12.0. The van der Waals surface area contributed by atoms with Crippen molar-refractivity contribution < 1.29 is 14.6 Å². The molecule has 5 nitrogen and oxygen atoms in total. The van der Waals surface area contributed by atoms with Crippen LogP contribution in [-0.4, -0.2) is 41.8 Å². The Balaban J connectivity index is 1.60. The number of benzene rings is 2. The summed E-state index contributed by atoms with van der Waals surface area (Å²) >= 11 is 0. The topological polar surface area (TPSA) is 61.8 Å². The Morgan fingerprint density at radius 1 is 1.21 bits per heavy atom. The quantitative estimate of drug-likeness (QED) is 0.911. The van der Waals surface area contributed by atoms with E-state index in [1.54, 1.807) is 12.0 Å². The van der Waals surface area contributed by atoms with Gasteiger partial charge in [0.1, 0.15) is 5.75 Å². The number of nitrogens with one attached hydrogen (secondary N) is 1. The Kier molecular flexibility index (Phi) is 4.62. The van der Waals surface area contributed by atoms with Crippen LogP contribution < -0.4 is 10.1 Å². The molecule has 2 N–H and O–H groups in total. The third-order valence-corrected chi connectivity index (χ3v) is 4.68. The molecule has 0 unspecified atom stereocenters. The second kappa shape index (κ2) is 6.69. The van der Waals surface area contributed by atoms with Gasteiger partial charge in [-0.2, -0.15) is 0 Å². The average Bonchev–Trinajstić information content (AvgIpc) is 2.59. The van der Waals surface area contributed by atoms with Crippen LogP contribution in [-0.2, 0) is 6.54 Å². The van der Waals surface area contributed by atoms with Gasteiger partial charge < -0.3 is 20.1 Å². The average molecular weight is 328 g/mol. The lowest BCUT2D eigenvalue weighted by Gasteiger charge is -2.35. The molecule has 0 radical (unpaired) electrons. The highest BCUT2D eigenvalue weighted by molar-refractivity contribution is 5.84. The second-order valence-electron chi connectivity index (χ2n) is 6.69. The van der Waals surface area contributed by atoms with E-state index < -0.39 is 5.60 Å². The number of nitrogens with zero attached hydrogens (tertiary/aromatic N) is 1. The van der Waals surface area contributed by atoms with Crippen LogP contribution in [0.5, 0.6) is 5.75 Å². The van der Waals surface area contributed by atoms with Crippen molar-refractivity contribution in [2.24, 2.45) is 0 Å². The summed E-state index contributed by atoms with van der Waals surface area (Å²) in [5.41, 5.74) is 0.418. The minimum Gasteiger partial charge on any atom is -0.497 e. The molecule has 1 heterocycles. The number of piperidine rings is 1. The van der Waals surface area contributed by atoms with Crippen molar-refractivity contribution >= 4 is 16.8 Å². The number of methoxy groups -OCH3 is 1. The van der Waals surface area contributed by atoms with Crippen LogP contribution in [0.15, 0.2) is 36.4 Å². The first-order valence-corrected chi connectivity index (χ1v) is 8.29. The van der Waals surface area contributed by atoms with Crippen molar-refractivity contribution in [1.82, 2.24) is 10.2 Å². The number of fused-ring (bicyclic) bond motifs is 1. The van der Waals surface area contributed by atoms with Gasteiger partial charge in [-0.15, -0.1) is 0 Å². The van der Waals surface area contributed by atoms with Crippen molar-refractivity contribution in [3.8, 4) is 5.75 Å². The normalized spacial score (nSPS) is 16.9. The number of hydrogen-bond donors (Lipinski definition) is 2. The van der Waals surface area contributed by atoms with Crippen LogP contribution in [0.2, 0.25) is 0 Å². The predicted molar refractivity (Wildman–Crippen MR) is 94.2 cm³/mol. The minimum absolute atomic E-state index is 0.0691. The molecule has 24 heavy (non-hydrogen) atoms. The fourth-order valence-corrected chi connectivity index (χ4v) is 2.99. The molecule has 128 valence electrons. The molecule has 5 heteroatoms. The van der Waals surface area contributed by atoms with Gasteiger partial charge in [0.25, 0.3) is 0 Å². The molecular weight excluding hydrogens is 304 g/mol. The molecular formula is C19H24N2O3. The maximum atomic E-state index is 12.2. The molecule has 1 aliphatic heterocycles. The minimum atomic E-state index is -0.643. The number of likely N-dealkylation sites (tertiary alicyclic amines) is 1. The number of carbonyl (C=O) groups excluding carboxylic acids is 1. The molecule has 1 aliphatic rings. The van der Waals surface area contributed by atoms with Gasteiger partial charge in [0.2, 0.25) is 0 Å². The monoisotopic (exact) mass is 328 g/mol. The number of aliphatic hydroxyl groups is 1. The zero-order chi connectivity index (χ0) is 17.2. The Morgan fingerprint density at radius 3 is 2.58 bits per heavy atom. The Labute approximate surface area is 142 Å². The van der Waals surface area contributed by atoms with Crippen LogP contribution in [0.25, 0.3) is 10.8 Å². The Bertz CT molecular complexity index is 732. The Morgan fingerprint density at radius 2 is 1.88 bits per heavy atom. The van der Waals surface area contributed by atoms with E-state index in [0.29, 0.717) is 32.5 Å². The number of ether oxygens (including phenoxy) is 1. The Hall–Kier alpha value is -2.27. The smallest absolute Gasteiger partial charge is 0.317 e. The van der Waals surface area contributed by atoms with Gasteiger partial charge in [0, 0.05) is 19.6 Å². The van der Waals surface area contributed by atoms with Crippen LogP contribution >= 0.6 is 0 Å². The number of carbonyl (C=O) groups is 1. The molecule has 3 rings (SSSR count). The third kappa shape index (κ3) is 3.79. The summed E-state index contributed by atoms with van der Waals surface area (Å²) in [4.78, 5) is 14.0. The van der Waals surface area contributed by atoms with Gasteiger partial charge in [-0.25, -0.2) is 4.79 Å². The number of urea groups is 1. The fraction of sp³-hybridized carbons (Fsp3) is 0.421. The summed E-state index contributed by atoms with van der Waals surface area (Å²) in [6.07, 6.45) is 1.25. The van der Waals surface area contributed by atoms with Crippen molar-refractivity contribution in [1.29, 1.82) is 0 Å². The standard InChI is InChI=1S/C19H24N2O3/c1-19(23)7-9-21(10-8-19)18(22)20-13-14-3-4-16-12-17(24-2)6-5-15(16)11-14/h3-6,11-12,23H,7-10,13H2,1-2H3,(H,20,22). The highest BCUT2D eigenvalue weighted by Crippen LogP contribution is 2.23. The molecule has 0 saturated carbocycles. The van der Waals surface area contributed by atoms with Crippen LogP contribution in [0.3, 0.4) is 0 Å².